The molecule has 1 aromatic carbocycles. The highest BCUT2D eigenvalue weighted by Crippen LogP contribution is 2.66. The summed E-state index contributed by atoms with van der Waals surface area (Å²) in [5, 5.41) is 4.15. The third kappa shape index (κ3) is 3.41. The van der Waals surface area contributed by atoms with E-state index in [2.05, 4.69) is 40.0 Å². The first-order valence-electron chi connectivity index (χ1n) is 8.42. The van der Waals surface area contributed by atoms with Gasteiger partial charge in [-0.1, -0.05) is 48.4 Å². The summed E-state index contributed by atoms with van der Waals surface area (Å²) >= 11 is 3.44. The van der Waals surface area contributed by atoms with E-state index in [1.807, 2.05) is 18.2 Å². The molecule has 3 atom stereocenters. The molecule has 2 fully saturated rings. The fourth-order valence-corrected chi connectivity index (χ4v) is 4.36. The zero-order valence-corrected chi connectivity index (χ0v) is 15.5. The predicted molar refractivity (Wildman–Crippen MR) is 99.1 cm³/mol. The Hall–Kier alpha value is -1.62. The SMILES string of the molecule is C=CCOc1ccc(Br)cc1/C=N/NC(=O)C1C2CCCCC21C. The smallest absolute Gasteiger partial charge is 0.244 e. The van der Waals surface area contributed by atoms with Gasteiger partial charge in [0.05, 0.1) is 6.21 Å². The van der Waals surface area contributed by atoms with Crippen LogP contribution in [0.2, 0.25) is 0 Å². The first-order valence-corrected chi connectivity index (χ1v) is 9.22. The van der Waals surface area contributed by atoms with E-state index in [0.717, 1.165) is 16.5 Å². The normalized spacial score (nSPS) is 28.2. The molecule has 3 rings (SSSR count). The van der Waals surface area contributed by atoms with Crippen molar-refractivity contribution < 1.29 is 9.53 Å². The molecule has 0 aromatic heterocycles. The first-order chi connectivity index (χ1) is 11.6. The molecule has 0 heterocycles. The molecule has 128 valence electrons. The molecule has 0 radical (unpaired) electrons. The summed E-state index contributed by atoms with van der Waals surface area (Å²) in [7, 11) is 0. The lowest BCUT2D eigenvalue weighted by atomic mass is 9.90. The number of hydrogen-bond acceptors (Lipinski definition) is 3. The fourth-order valence-electron chi connectivity index (χ4n) is 3.99. The summed E-state index contributed by atoms with van der Waals surface area (Å²) in [6, 6.07) is 5.68. The van der Waals surface area contributed by atoms with Crippen LogP contribution in [-0.2, 0) is 4.79 Å². The van der Waals surface area contributed by atoms with Crippen LogP contribution in [-0.4, -0.2) is 18.7 Å². The summed E-state index contributed by atoms with van der Waals surface area (Å²) in [6.45, 7) is 6.32. The maximum atomic E-state index is 12.4. The van der Waals surface area contributed by atoms with Crippen LogP contribution in [0.5, 0.6) is 5.75 Å². The van der Waals surface area contributed by atoms with Gasteiger partial charge in [0.25, 0.3) is 0 Å². The molecule has 1 aromatic rings. The van der Waals surface area contributed by atoms with Crippen LogP contribution in [0, 0.1) is 17.3 Å². The summed E-state index contributed by atoms with van der Waals surface area (Å²) in [4.78, 5) is 12.4. The third-order valence-corrected chi connectivity index (χ3v) is 5.81. The van der Waals surface area contributed by atoms with Crippen molar-refractivity contribution in [2.75, 3.05) is 6.61 Å². The molecule has 1 amide bonds. The molecular formula is C19H23BrN2O2. The zero-order chi connectivity index (χ0) is 17.2. The number of rotatable bonds is 6. The number of carbonyl (C=O) groups is 1. The second-order valence-electron chi connectivity index (χ2n) is 6.85. The minimum atomic E-state index is 0.0456. The van der Waals surface area contributed by atoms with Crippen molar-refractivity contribution in [3.63, 3.8) is 0 Å². The molecule has 2 saturated carbocycles. The van der Waals surface area contributed by atoms with E-state index in [4.69, 9.17) is 4.74 Å². The van der Waals surface area contributed by atoms with Crippen LogP contribution in [0.25, 0.3) is 0 Å². The molecule has 0 aliphatic heterocycles. The van der Waals surface area contributed by atoms with Crippen LogP contribution < -0.4 is 10.2 Å². The maximum absolute atomic E-state index is 12.4. The van der Waals surface area contributed by atoms with E-state index in [0.29, 0.717) is 18.3 Å². The first kappa shape index (κ1) is 17.2. The number of halogens is 1. The second kappa shape index (κ2) is 7.09. The van der Waals surface area contributed by atoms with Gasteiger partial charge in [-0.3, -0.25) is 4.79 Å². The Bertz CT molecular complexity index is 673. The van der Waals surface area contributed by atoms with Gasteiger partial charge in [0.1, 0.15) is 12.4 Å². The zero-order valence-electron chi connectivity index (χ0n) is 13.9. The topological polar surface area (TPSA) is 50.7 Å². The Kier molecular flexibility index (Phi) is 5.09. The van der Waals surface area contributed by atoms with Crippen molar-refractivity contribution in [1.29, 1.82) is 0 Å². The molecule has 4 nitrogen and oxygen atoms in total. The number of fused-ring (bicyclic) bond motifs is 1. The monoisotopic (exact) mass is 390 g/mol. The van der Waals surface area contributed by atoms with E-state index in [9.17, 15) is 4.79 Å². The van der Waals surface area contributed by atoms with Gasteiger partial charge in [-0.05, 0) is 42.4 Å². The van der Waals surface area contributed by atoms with Crippen molar-refractivity contribution in [2.24, 2.45) is 22.4 Å². The number of hydrogen-bond donors (Lipinski definition) is 1. The molecule has 0 saturated heterocycles. The standard InChI is InChI=1S/C19H23BrN2O2/c1-3-10-24-16-8-7-14(20)11-13(16)12-21-22-18(23)17-15-6-4-5-9-19(15,17)2/h3,7-8,11-12,15,17H,1,4-6,9-10H2,2H3,(H,22,23)/b21-12+. The van der Waals surface area contributed by atoms with Crippen molar-refractivity contribution in [2.45, 2.75) is 32.6 Å². The van der Waals surface area contributed by atoms with Crippen LogP contribution in [0.3, 0.4) is 0 Å². The Morgan fingerprint density at radius 1 is 1.54 bits per heavy atom. The largest absolute Gasteiger partial charge is 0.489 e. The van der Waals surface area contributed by atoms with Gasteiger partial charge in [0, 0.05) is 16.0 Å². The number of nitrogens with one attached hydrogen (secondary N) is 1. The number of hydrazone groups is 1. The molecule has 0 bridgehead atoms. The maximum Gasteiger partial charge on any atom is 0.244 e. The quantitative estimate of drug-likeness (QED) is 0.447. The molecule has 1 N–H and O–H groups in total. The Morgan fingerprint density at radius 2 is 2.38 bits per heavy atom. The second-order valence-corrected chi connectivity index (χ2v) is 7.77. The number of ether oxygens (including phenoxy) is 1. The molecule has 24 heavy (non-hydrogen) atoms. The minimum absolute atomic E-state index is 0.0456. The van der Waals surface area contributed by atoms with Crippen LogP contribution in [0.4, 0.5) is 0 Å². The van der Waals surface area contributed by atoms with Crippen LogP contribution >= 0.6 is 15.9 Å². The summed E-state index contributed by atoms with van der Waals surface area (Å²) in [5.74, 6) is 1.42. The van der Waals surface area contributed by atoms with E-state index in [1.165, 1.54) is 19.3 Å². The van der Waals surface area contributed by atoms with Crippen molar-refractivity contribution >= 4 is 28.1 Å². The summed E-state index contributed by atoms with van der Waals surface area (Å²) in [6.07, 6.45) is 8.14. The van der Waals surface area contributed by atoms with E-state index in [1.54, 1.807) is 12.3 Å². The molecule has 0 spiro atoms. The van der Waals surface area contributed by atoms with Gasteiger partial charge in [-0.15, -0.1) is 0 Å². The highest BCUT2D eigenvalue weighted by atomic mass is 79.9. The molecule has 2 aliphatic carbocycles. The predicted octanol–water partition coefficient (Wildman–Crippen LogP) is 4.29. The molecule has 3 unspecified atom stereocenters. The van der Waals surface area contributed by atoms with Gasteiger partial charge in [-0.25, -0.2) is 5.43 Å². The lowest BCUT2D eigenvalue weighted by molar-refractivity contribution is -0.123. The number of carbonyl (C=O) groups excluding carboxylic acids is 1. The average Bonchev–Trinajstić information content (AvgIpc) is 3.19. The molecule has 5 heteroatoms. The van der Waals surface area contributed by atoms with Gasteiger partial charge in [0.2, 0.25) is 5.91 Å². The van der Waals surface area contributed by atoms with Crippen LogP contribution in [0.15, 0.2) is 40.4 Å². The van der Waals surface area contributed by atoms with Crippen LogP contribution in [0.1, 0.15) is 38.2 Å². The number of amides is 1. The Balaban J connectivity index is 1.63. The van der Waals surface area contributed by atoms with Crippen molar-refractivity contribution in [3.8, 4) is 5.75 Å². The Labute approximate surface area is 151 Å². The lowest BCUT2D eigenvalue weighted by Crippen LogP contribution is -2.22. The lowest BCUT2D eigenvalue weighted by Gasteiger charge is -2.15. The van der Waals surface area contributed by atoms with Crippen molar-refractivity contribution in [1.82, 2.24) is 5.43 Å². The van der Waals surface area contributed by atoms with Gasteiger partial charge < -0.3 is 4.74 Å². The highest BCUT2D eigenvalue weighted by molar-refractivity contribution is 9.10. The van der Waals surface area contributed by atoms with E-state index >= 15 is 0 Å². The fraction of sp³-hybridized carbons (Fsp3) is 0.474. The molecule has 2 aliphatic rings. The highest BCUT2D eigenvalue weighted by Gasteiger charge is 2.64. The Morgan fingerprint density at radius 3 is 3.08 bits per heavy atom. The third-order valence-electron chi connectivity index (χ3n) is 5.32. The van der Waals surface area contributed by atoms with Gasteiger partial charge >= 0.3 is 0 Å². The summed E-state index contributed by atoms with van der Waals surface area (Å²) < 4.78 is 6.54. The number of nitrogens with zero attached hydrogens (tertiary/aromatic N) is 1. The van der Waals surface area contributed by atoms with Gasteiger partial charge in [-0.2, -0.15) is 5.10 Å². The van der Waals surface area contributed by atoms with Crippen molar-refractivity contribution in [3.05, 3.63) is 40.9 Å². The summed E-state index contributed by atoms with van der Waals surface area (Å²) in [5.41, 5.74) is 3.73. The van der Waals surface area contributed by atoms with E-state index < -0.39 is 0 Å². The minimum Gasteiger partial charge on any atom is -0.489 e. The van der Waals surface area contributed by atoms with Gasteiger partial charge in [0.15, 0.2) is 0 Å². The molecular weight excluding hydrogens is 368 g/mol. The number of benzene rings is 1. The van der Waals surface area contributed by atoms with E-state index in [-0.39, 0.29) is 17.2 Å². The average molecular weight is 391 g/mol.